The zero-order valence-corrected chi connectivity index (χ0v) is 17.7. The number of carbonyl (C=O) groups excluding carboxylic acids is 2. The number of ether oxygens (including phenoxy) is 1. The number of hydrogen-bond donors (Lipinski definition) is 2. The van der Waals surface area contributed by atoms with Crippen LogP contribution in [-0.2, 0) is 11.2 Å². The summed E-state index contributed by atoms with van der Waals surface area (Å²) >= 11 is 0. The molecule has 0 saturated heterocycles. The number of benzene rings is 2. The molecule has 1 atom stereocenters. The minimum Gasteiger partial charge on any atom is -0.493 e. The highest BCUT2D eigenvalue weighted by atomic mass is 16.5. The topological polar surface area (TPSA) is 67.4 Å². The number of amides is 2. The summed E-state index contributed by atoms with van der Waals surface area (Å²) in [4.78, 5) is 25.0. The predicted molar refractivity (Wildman–Crippen MR) is 119 cm³/mol. The third-order valence-electron chi connectivity index (χ3n) is 4.71. The maximum Gasteiger partial charge on any atom is 0.253 e. The van der Waals surface area contributed by atoms with E-state index in [9.17, 15) is 9.59 Å². The van der Waals surface area contributed by atoms with E-state index in [1.165, 1.54) is 0 Å². The van der Waals surface area contributed by atoms with Gasteiger partial charge < -0.3 is 15.4 Å². The van der Waals surface area contributed by atoms with Crippen LogP contribution in [0, 0.1) is 12.3 Å². The first-order valence-electron chi connectivity index (χ1n) is 10.4. The van der Waals surface area contributed by atoms with E-state index in [4.69, 9.17) is 11.2 Å². The smallest absolute Gasteiger partial charge is 0.253 e. The van der Waals surface area contributed by atoms with E-state index in [-0.39, 0.29) is 11.8 Å². The molecule has 2 rings (SSSR count). The highest BCUT2D eigenvalue weighted by molar-refractivity contribution is 5.96. The molecule has 0 saturated carbocycles. The van der Waals surface area contributed by atoms with Crippen LogP contribution in [0.15, 0.2) is 48.5 Å². The molecule has 158 valence electrons. The highest BCUT2D eigenvalue weighted by Crippen LogP contribution is 2.15. The van der Waals surface area contributed by atoms with Gasteiger partial charge in [0.1, 0.15) is 11.9 Å². The van der Waals surface area contributed by atoms with E-state index in [1.54, 1.807) is 6.07 Å². The number of unbranched alkanes of at least 4 members (excludes halogenated alkanes) is 1. The molecule has 0 aliphatic heterocycles. The lowest BCUT2D eigenvalue weighted by atomic mass is 10.0. The van der Waals surface area contributed by atoms with Crippen LogP contribution in [-0.4, -0.2) is 24.6 Å². The third-order valence-corrected chi connectivity index (χ3v) is 4.71. The lowest BCUT2D eigenvalue weighted by Crippen LogP contribution is -2.47. The van der Waals surface area contributed by atoms with Crippen molar-refractivity contribution in [2.45, 2.75) is 52.1 Å². The fourth-order valence-electron chi connectivity index (χ4n) is 2.97. The van der Waals surface area contributed by atoms with Crippen LogP contribution >= 0.6 is 0 Å². The molecular formula is C25H30N2O3. The average Bonchev–Trinajstić information content (AvgIpc) is 2.78. The maximum absolute atomic E-state index is 13.0. The van der Waals surface area contributed by atoms with E-state index < -0.39 is 6.17 Å². The van der Waals surface area contributed by atoms with Gasteiger partial charge >= 0.3 is 0 Å². The minimum atomic E-state index is -0.426. The van der Waals surface area contributed by atoms with Crippen molar-refractivity contribution in [1.29, 1.82) is 0 Å². The van der Waals surface area contributed by atoms with Gasteiger partial charge in [-0.05, 0) is 42.7 Å². The summed E-state index contributed by atoms with van der Waals surface area (Å²) in [5, 5.41) is 5.79. The van der Waals surface area contributed by atoms with Gasteiger partial charge in [0.25, 0.3) is 5.91 Å². The number of nitrogens with one attached hydrogen (secondary N) is 2. The molecule has 2 aromatic carbocycles. The molecule has 1 unspecified atom stereocenters. The summed E-state index contributed by atoms with van der Waals surface area (Å²) in [6, 6.07) is 14.9. The molecule has 2 amide bonds. The Morgan fingerprint density at radius 3 is 2.53 bits per heavy atom. The molecule has 0 aliphatic carbocycles. The summed E-state index contributed by atoms with van der Waals surface area (Å²) < 4.78 is 5.76. The first-order chi connectivity index (χ1) is 14.6. The summed E-state index contributed by atoms with van der Waals surface area (Å²) in [5.74, 6) is 3.04. The van der Waals surface area contributed by atoms with Crippen molar-refractivity contribution in [2.24, 2.45) is 0 Å². The van der Waals surface area contributed by atoms with Crippen LogP contribution in [0.3, 0.4) is 0 Å². The zero-order valence-electron chi connectivity index (χ0n) is 17.7. The first-order valence-corrected chi connectivity index (χ1v) is 10.4. The molecule has 2 aromatic rings. The van der Waals surface area contributed by atoms with E-state index in [0.29, 0.717) is 37.0 Å². The Labute approximate surface area is 179 Å². The summed E-state index contributed by atoms with van der Waals surface area (Å²) in [5.41, 5.74) is 1.98. The summed E-state index contributed by atoms with van der Waals surface area (Å²) in [7, 11) is 0. The van der Waals surface area contributed by atoms with Gasteiger partial charge in [-0.15, -0.1) is 6.42 Å². The quantitative estimate of drug-likeness (QED) is 0.437. The normalized spacial score (nSPS) is 11.2. The van der Waals surface area contributed by atoms with E-state index >= 15 is 0 Å². The Morgan fingerprint density at radius 2 is 1.87 bits per heavy atom. The predicted octanol–water partition coefficient (Wildman–Crippen LogP) is 4.06. The second-order valence-electron chi connectivity index (χ2n) is 7.03. The van der Waals surface area contributed by atoms with E-state index in [2.05, 4.69) is 16.6 Å². The molecule has 0 bridgehead atoms. The average molecular weight is 407 g/mol. The minimum absolute atomic E-state index is 0.0575. The molecule has 0 heterocycles. The monoisotopic (exact) mass is 406 g/mol. The molecule has 5 nitrogen and oxygen atoms in total. The van der Waals surface area contributed by atoms with Crippen molar-refractivity contribution in [2.75, 3.05) is 6.61 Å². The molecule has 0 spiro atoms. The Morgan fingerprint density at radius 1 is 1.10 bits per heavy atom. The first kappa shape index (κ1) is 23.0. The van der Waals surface area contributed by atoms with Crippen molar-refractivity contribution >= 4 is 11.8 Å². The van der Waals surface area contributed by atoms with E-state index in [0.717, 1.165) is 24.2 Å². The number of terminal acetylenes is 1. The SMILES string of the molecule is C#Cc1ccc(CCOc2ccccc2)c(C(=O)NC(CC)NC(=O)CCCC)c1. The molecule has 0 aliphatic rings. The number of para-hydroxylation sites is 1. The Balaban J connectivity index is 2.06. The zero-order chi connectivity index (χ0) is 21.8. The van der Waals surface area contributed by atoms with Crippen LogP contribution < -0.4 is 15.4 Å². The van der Waals surface area contributed by atoms with Crippen LogP contribution in [0.5, 0.6) is 5.75 Å². The van der Waals surface area contributed by atoms with Crippen LogP contribution in [0.4, 0.5) is 0 Å². The van der Waals surface area contributed by atoms with Gasteiger partial charge in [-0.2, -0.15) is 0 Å². The second-order valence-corrected chi connectivity index (χ2v) is 7.03. The van der Waals surface area contributed by atoms with Gasteiger partial charge in [-0.3, -0.25) is 9.59 Å². The molecular weight excluding hydrogens is 376 g/mol. The van der Waals surface area contributed by atoms with Crippen molar-refractivity contribution in [1.82, 2.24) is 10.6 Å². The number of hydrogen-bond acceptors (Lipinski definition) is 3. The molecule has 30 heavy (non-hydrogen) atoms. The number of rotatable bonds is 11. The van der Waals surface area contributed by atoms with Crippen LogP contribution in [0.2, 0.25) is 0 Å². The lowest BCUT2D eigenvalue weighted by molar-refractivity contribution is -0.122. The Hall–Kier alpha value is -3.26. The Bertz CT molecular complexity index is 872. The van der Waals surface area contributed by atoms with Gasteiger partial charge in [0.05, 0.1) is 6.61 Å². The molecule has 0 fully saturated rings. The van der Waals surface area contributed by atoms with Gasteiger partial charge in [0, 0.05) is 24.0 Å². The van der Waals surface area contributed by atoms with Gasteiger partial charge in [0.15, 0.2) is 0 Å². The van der Waals surface area contributed by atoms with Gasteiger partial charge in [0.2, 0.25) is 5.91 Å². The third kappa shape index (κ3) is 7.29. The van der Waals surface area contributed by atoms with Crippen molar-refractivity contribution < 1.29 is 14.3 Å². The maximum atomic E-state index is 13.0. The van der Waals surface area contributed by atoms with Crippen LogP contribution in [0.1, 0.15) is 61.0 Å². The summed E-state index contributed by atoms with van der Waals surface area (Å²) in [6.07, 6.45) is 8.47. The van der Waals surface area contributed by atoms with E-state index in [1.807, 2.05) is 56.3 Å². The lowest BCUT2D eigenvalue weighted by Gasteiger charge is -2.20. The van der Waals surface area contributed by atoms with Crippen molar-refractivity contribution in [3.05, 3.63) is 65.2 Å². The molecule has 0 aromatic heterocycles. The molecule has 2 N–H and O–H groups in total. The largest absolute Gasteiger partial charge is 0.493 e. The highest BCUT2D eigenvalue weighted by Gasteiger charge is 2.17. The molecule has 0 radical (unpaired) electrons. The Kier molecular flexibility index (Phi) is 9.47. The van der Waals surface area contributed by atoms with Gasteiger partial charge in [-0.1, -0.05) is 50.5 Å². The second kappa shape index (κ2) is 12.3. The number of carbonyl (C=O) groups is 2. The fraction of sp³-hybridized carbons (Fsp3) is 0.360. The van der Waals surface area contributed by atoms with Gasteiger partial charge in [-0.25, -0.2) is 0 Å². The van der Waals surface area contributed by atoms with Crippen LogP contribution in [0.25, 0.3) is 0 Å². The standard InChI is InChI=1S/C25H30N2O3/c1-4-7-13-24(28)26-23(6-3)27-25(29)22-18-19(5-2)14-15-20(22)16-17-30-21-11-9-8-10-12-21/h2,8-12,14-15,18,23H,4,6-7,13,16-17H2,1,3H3,(H,26,28)(H,27,29). The van der Waals surface area contributed by atoms with Crippen molar-refractivity contribution in [3.63, 3.8) is 0 Å². The molecule has 5 heteroatoms. The fourth-order valence-corrected chi connectivity index (χ4v) is 2.97. The van der Waals surface area contributed by atoms with Crippen molar-refractivity contribution in [3.8, 4) is 18.1 Å². The summed E-state index contributed by atoms with van der Waals surface area (Å²) in [6.45, 7) is 4.38.